The maximum absolute atomic E-state index is 13.0. The van der Waals surface area contributed by atoms with Gasteiger partial charge in [-0.05, 0) is 37.5 Å². The number of methoxy groups -OCH3 is 1. The number of nitrogens with two attached hydrogens (primary N) is 1. The number of nitrogens with zero attached hydrogens (tertiary/aromatic N) is 2. The topological polar surface area (TPSA) is 85.1 Å². The smallest absolute Gasteiger partial charge is 0.314 e. The van der Waals surface area contributed by atoms with Crippen molar-refractivity contribution >= 4 is 11.9 Å². The maximum atomic E-state index is 13.0. The number of piperidine rings is 1. The lowest BCUT2D eigenvalue weighted by Gasteiger charge is -2.34. The quantitative estimate of drug-likeness (QED) is 0.764. The van der Waals surface area contributed by atoms with Crippen LogP contribution in [-0.4, -0.2) is 61.7 Å². The Hall–Kier alpha value is -2.28. The largest absolute Gasteiger partial charge is 0.494 e. The van der Waals surface area contributed by atoms with Crippen molar-refractivity contribution in [3.05, 3.63) is 29.8 Å². The van der Waals surface area contributed by atoms with Crippen LogP contribution < -0.4 is 10.5 Å². The lowest BCUT2D eigenvalue weighted by Crippen LogP contribution is -2.48. The molecule has 26 heavy (non-hydrogen) atoms. The van der Waals surface area contributed by atoms with Gasteiger partial charge >= 0.3 is 6.03 Å². The molecular formula is C19H29N3O4. The summed E-state index contributed by atoms with van der Waals surface area (Å²) in [5.74, 6) is 0.646. The van der Waals surface area contributed by atoms with Crippen LogP contribution in [0.1, 0.15) is 25.3 Å². The summed E-state index contributed by atoms with van der Waals surface area (Å²) >= 11 is 0. The zero-order chi connectivity index (χ0) is 18.9. The fraction of sp³-hybridized carbons (Fsp3) is 0.579. The zero-order valence-corrected chi connectivity index (χ0v) is 15.6. The lowest BCUT2D eigenvalue weighted by atomic mass is 9.96. The highest BCUT2D eigenvalue weighted by molar-refractivity contribution is 5.80. The third kappa shape index (κ3) is 5.62. The number of urea groups is 1. The molecular weight excluding hydrogens is 334 g/mol. The van der Waals surface area contributed by atoms with Crippen molar-refractivity contribution in [3.63, 3.8) is 0 Å². The zero-order valence-electron chi connectivity index (χ0n) is 15.6. The van der Waals surface area contributed by atoms with Crippen LogP contribution in [0.4, 0.5) is 4.79 Å². The van der Waals surface area contributed by atoms with Gasteiger partial charge in [-0.1, -0.05) is 12.1 Å². The Labute approximate surface area is 155 Å². The van der Waals surface area contributed by atoms with Crippen LogP contribution in [0.3, 0.4) is 0 Å². The van der Waals surface area contributed by atoms with Crippen LogP contribution in [0.2, 0.25) is 0 Å². The van der Waals surface area contributed by atoms with E-state index >= 15 is 0 Å². The van der Waals surface area contributed by atoms with Crippen LogP contribution in [0, 0.1) is 5.92 Å². The number of primary amides is 1. The predicted octanol–water partition coefficient (Wildman–Crippen LogP) is 1.85. The lowest BCUT2D eigenvalue weighted by molar-refractivity contribution is -0.138. The number of hydrogen-bond acceptors (Lipinski definition) is 4. The monoisotopic (exact) mass is 363 g/mol. The van der Waals surface area contributed by atoms with Gasteiger partial charge in [-0.15, -0.1) is 0 Å². The summed E-state index contributed by atoms with van der Waals surface area (Å²) in [6, 6.07) is 7.29. The van der Waals surface area contributed by atoms with Crippen molar-refractivity contribution in [1.29, 1.82) is 0 Å². The van der Waals surface area contributed by atoms with Gasteiger partial charge < -0.3 is 25.0 Å². The van der Waals surface area contributed by atoms with Crippen molar-refractivity contribution in [2.45, 2.75) is 26.3 Å². The standard InChI is InChI=1S/C19H29N3O4/c1-3-26-17-8-6-15(7-9-17)13-21(11-12-25-2)18(23)16-5-4-10-22(14-16)19(20)24/h6-9,16H,3-5,10-14H2,1-2H3,(H2,20,24). The molecule has 0 spiro atoms. The Morgan fingerprint density at radius 2 is 2.04 bits per heavy atom. The molecule has 1 atom stereocenters. The third-order valence-electron chi connectivity index (χ3n) is 4.57. The predicted molar refractivity (Wildman–Crippen MR) is 98.8 cm³/mol. The Bertz CT molecular complexity index is 591. The molecule has 2 N–H and O–H groups in total. The van der Waals surface area contributed by atoms with E-state index in [0.717, 1.165) is 24.2 Å². The molecule has 0 radical (unpaired) electrons. The van der Waals surface area contributed by atoms with Crippen molar-refractivity contribution in [3.8, 4) is 5.75 Å². The van der Waals surface area contributed by atoms with Crippen LogP contribution in [-0.2, 0) is 16.1 Å². The van der Waals surface area contributed by atoms with Crippen molar-refractivity contribution in [2.75, 3.05) is 40.0 Å². The Kier molecular flexibility index (Phi) is 7.72. The van der Waals surface area contributed by atoms with E-state index in [-0.39, 0.29) is 11.8 Å². The van der Waals surface area contributed by atoms with Crippen LogP contribution in [0.15, 0.2) is 24.3 Å². The number of carbonyl (C=O) groups is 2. The first-order chi connectivity index (χ1) is 12.5. The van der Waals surface area contributed by atoms with Gasteiger partial charge in [0.2, 0.25) is 5.91 Å². The third-order valence-corrected chi connectivity index (χ3v) is 4.57. The number of benzene rings is 1. The number of likely N-dealkylation sites (tertiary alicyclic amines) is 1. The first-order valence-corrected chi connectivity index (χ1v) is 9.09. The Morgan fingerprint density at radius 3 is 2.65 bits per heavy atom. The first kappa shape index (κ1) is 20.0. The van der Waals surface area contributed by atoms with Crippen LogP contribution >= 0.6 is 0 Å². The summed E-state index contributed by atoms with van der Waals surface area (Å²) < 4.78 is 10.6. The highest BCUT2D eigenvalue weighted by atomic mass is 16.5. The molecule has 1 fully saturated rings. The molecule has 1 unspecified atom stereocenters. The van der Waals surface area contributed by atoms with Gasteiger partial charge in [0.25, 0.3) is 0 Å². The average molecular weight is 363 g/mol. The number of ether oxygens (including phenoxy) is 2. The molecule has 7 heteroatoms. The normalized spacial score (nSPS) is 17.0. The van der Waals surface area contributed by atoms with Gasteiger partial charge in [0, 0.05) is 33.3 Å². The van der Waals surface area contributed by atoms with Crippen LogP contribution in [0.5, 0.6) is 5.75 Å². The molecule has 1 aliphatic rings. The average Bonchev–Trinajstić information content (AvgIpc) is 2.66. The highest BCUT2D eigenvalue weighted by Crippen LogP contribution is 2.21. The van der Waals surface area contributed by atoms with E-state index in [1.54, 1.807) is 16.9 Å². The summed E-state index contributed by atoms with van der Waals surface area (Å²) in [6.07, 6.45) is 1.57. The summed E-state index contributed by atoms with van der Waals surface area (Å²) in [5, 5.41) is 0. The van der Waals surface area contributed by atoms with Gasteiger partial charge in [0.05, 0.1) is 19.1 Å². The summed E-state index contributed by atoms with van der Waals surface area (Å²) in [6.45, 7) is 5.05. The molecule has 1 aromatic carbocycles. The number of hydrogen-bond donors (Lipinski definition) is 1. The van der Waals surface area contributed by atoms with E-state index in [0.29, 0.717) is 39.4 Å². The van der Waals surface area contributed by atoms with E-state index in [1.807, 2.05) is 31.2 Å². The minimum absolute atomic E-state index is 0.0434. The molecule has 3 amide bonds. The van der Waals surface area contributed by atoms with Gasteiger partial charge in [-0.25, -0.2) is 4.79 Å². The van der Waals surface area contributed by atoms with E-state index in [2.05, 4.69) is 0 Å². The molecule has 1 saturated heterocycles. The molecule has 1 heterocycles. The van der Waals surface area contributed by atoms with Gasteiger partial charge in [-0.2, -0.15) is 0 Å². The van der Waals surface area contributed by atoms with E-state index in [1.165, 1.54) is 0 Å². The summed E-state index contributed by atoms with van der Waals surface area (Å²) in [5.41, 5.74) is 6.41. The molecule has 1 aromatic rings. The number of rotatable bonds is 8. The summed E-state index contributed by atoms with van der Waals surface area (Å²) in [7, 11) is 1.62. The van der Waals surface area contributed by atoms with Gasteiger partial charge in [0.1, 0.15) is 5.75 Å². The molecule has 1 aliphatic heterocycles. The van der Waals surface area contributed by atoms with Gasteiger partial charge in [0.15, 0.2) is 0 Å². The van der Waals surface area contributed by atoms with E-state index < -0.39 is 6.03 Å². The van der Waals surface area contributed by atoms with Crippen LogP contribution in [0.25, 0.3) is 0 Å². The number of carbonyl (C=O) groups excluding carboxylic acids is 2. The molecule has 0 aromatic heterocycles. The minimum atomic E-state index is -0.461. The van der Waals surface area contributed by atoms with E-state index in [4.69, 9.17) is 15.2 Å². The maximum Gasteiger partial charge on any atom is 0.314 e. The summed E-state index contributed by atoms with van der Waals surface area (Å²) in [4.78, 5) is 27.8. The molecule has 0 bridgehead atoms. The Balaban J connectivity index is 2.05. The first-order valence-electron chi connectivity index (χ1n) is 9.09. The Morgan fingerprint density at radius 1 is 1.31 bits per heavy atom. The second-order valence-electron chi connectivity index (χ2n) is 6.45. The minimum Gasteiger partial charge on any atom is -0.494 e. The fourth-order valence-corrected chi connectivity index (χ4v) is 3.18. The second-order valence-corrected chi connectivity index (χ2v) is 6.45. The molecule has 7 nitrogen and oxygen atoms in total. The second kappa shape index (κ2) is 10.0. The molecule has 0 saturated carbocycles. The van der Waals surface area contributed by atoms with Crippen molar-refractivity contribution in [2.24, 2.45) is 11.7 Å². The van der Waals surface area contributed by atoms with Crippen molar-refractivity contribution < 1.29 is 19.1 Å². The van der Waals surface area contributed by atoms with Crippen molar-refractivity contribution in [1.82, 2.24) is 9.80 Å². The molecule has 2 rings (SSSR count). The van der Waals surface area contributed by atoms with E-state index in [9.17, 15) is 9.59 Å². The number of amides is 3. The highest BCUT2D eigenvalue weighted by Gasteiger charge is 2.30. The SMILES string of the molecule is CCOc1ccc(CN(CCOC)C(=O)C2CCCN(C(N)=O)C2)cc1. The van der Waals surface area contributed by atoms with Gasteiger partial charge in [-0.3, -0.25) is 4.79 Å². The molecule has 0 aliphatic carbocycles. The molecule has 144 valence electrons. The fourth-order valence-electron chi connectivity index (χ4n) is 3.18.